The number of nitrogens with one attached hydrogen (secondary N) is 1. The SMILES string of the molecule is CCN(CC)c1ccc(/C(C)=C(\C#N)SNC2COCC(O)C2)cc1. The van der Waals surface area contributed by atoms with E-state index in [1.54, 1.807) is 0 Å². The molecule has 1 saturated heterocycles. The summed E-state index contributed by atoms with van der Waals surface area (Å²) in [6.07, 6.45) is 0.207. The van der Waals surface area contributed by atoms with Crippen molar-refractivity contribution in [2.75, 3.05) is 31.2 Å². The first-order valence-electron chi connectivity index (χ1n) is 8.73. The second-order valence-electron chi connectivity index (χ2n) is 6.13. The molecule has 2 rings (SSSR count). The molecule has 0 radical (unpaired) electrons. The maximum absolute atomic E-state index is 9.65. The minimum absolute atomic E-state index is 0.0509. The molecule has 1 aliphatic rings. The van der Waals surface area contributed by atoms with Crippen LogP contribution in [-0.4, -0.2) is 43.6 Å². The van der Waals surface area contributed by atoms with Crippen molar-refractivity contribution < 1.29 is 9.84 Å². The van der Waals surface area contributed by atoms with Crippen LogP contribution >= 0.6 is 11.9 Å². The van der Waals surface area contributed by atoms with Gasteiger partial charge in [-0.15, -0.1) is 0 Å². The van der Waals surface area contributed by atoms with Crippen LogP contribution in [0.2, 0.25) is 0 Å². The summed E-state index contributed by atoms with van der Waals surface area (Å²) in [5.41, 5.74) is 3.18. The number of aliphatic hydroxyl groups is 1. The molecular formula is C19H27N3O2S. The lowest BCUT2D eigenvalue weighted by atomic mass is 10.1. The van der Waals surface area contributed by atoms with Crippen LogP contribution in [-0.2, 0) is 4.74 Å². The van der Waals surface area contributed by atoms with Gasteiger partial charge < -0.3 is 14.7 Å². The number of nitriles is 1. The van der Waals surface area contributed by atoms with Crippen molar-refractivity contribution in [3.05, 3.63) is 34.7 Å². The minimum atomic E-state index is -0.435. The van der Waals surface area contributed by atoms with Crippen molar-refractivity contribution in [1.29, 1.82) is 5.26 Å². The molecule has 2 atom stereocenters. The molecule has 1 fully saturated rings. The number of rotatable bonds is 7. The number of ether oxygens (including phenoxy) is 1. The quantitative estimate of drug-likeness (QED) is 0.574. The number of allylic oxidation sites excluding steroid dienone is 2. The highest BCUT2D eigenvalue weighted by atomic mass is 32.2. The predicted molar refractivity (Wildman–Crippen MR) is 104 cm³/mol. The van der Waals surface area contributed by atoms with Crippen LogP contribution in [0.5, 0.6) is 0 Å². The molecule has 136 valence electrons. The standard InChI is InChI=1S/C19H27N3O2S/c1-4-22(5-2)17-8-6-15(7-9-17)14(3)19(11-20)25-21-16-10-18(23)13-24-12-16/h6-9,16,18,21,23H,4-5,10,12-13H2,1-3H3/b19-14+. The first kappa shape index (κ1) is 19.8. The average Bonchev–Trinajstić information content (AvgIpc) is 2.64. The third kappa shape index (κ3) is 5.48. The van der Waals surface area contributed by atoms with Gasteiger partial charge in [0.2, 0.25) is 0 Å². The first-order valence-corrected chi connectivity index (χ1v) is 9.55. The topological polar surface area (TPSA) is 68.5 Å². The van der Waals surface area contributed by atoms with E-state index in [9.17, 15) is 10.4 Å². The number of nitrogens with zero attached hydrogens (tertiary/aromatic N) is 2. The Morgan fingerprint density at radius 2 is 2.00 bits per heavy atom. The van der Waals surface area contributed by atoms with E-state index in [1.807, 2.05) is 6.92 Å². The summed E-state index contributed by atoms with van der Waals surface area (Å²) in [6, 6.07) is 10.7. The van der Waals surface area contributed by atoms with E-state index >= 15 is 0 Å². The summed E-state index contributed by atoms with van der Waals surface area (Å²) in [5, 5.41) is 19.1. The Morgan fingerprint density at radius 1 is 1.32 bits per heavy atom. The molecule has 2 N–H and O–H groups in total. The Kier molecular flexibility index (Phi) is 7.79. The number of benzene rings is 1. The second kappa shape index (κ2) is 9.83. The maximum atomic E-state index is 9.65. The van der Waals surface area contributed by atoms with Gasteiger partial charge in [0.25, 0.3) is 0 Å². The molecule has 6 heteroatoms. The van der Waals surface area contributed by atoms with Crippen LogP contribution in [0.15, 0.2) is 29.2 Å². The van der Waals surface area contributed by atoms with Gasteiger partial charge in [0, 0.05) is 24.8 Å². The highest BCUT2D eigenvalue weighted by molar-refractivity contribution is 8.01. The van der Waals surface area contributed by atoms with Crippen LogP contribution in [0.4, 0.5) is 5.69 Å². The predicted octanol–water partition coefficient (Wildman–Crippen LogP) is 3.17. The molecule has 0 aromatic heterocycles. The molecular weight excluding hydrogens is 334 g/mol. The molecule has 1 heterocycles. The van der Waals surface area contributed by atoms with Gasteiger partial charge in [0.15, 0.2) is 0 Å². The van der Waals surface area contributed by atoms with Crippen molar-refractivity contribution >= 4 is 23.2 Å². The summed E-state index contributed by atoms with van der Waals surface area (Å²) in [7, 11) is 0. The fourth-order valence-electron chi connectivity index (χ4n) is 2.86. The molecule has 25 heavy (non-hydrogen) atoms. The Morgan fingerprint density at radius 3 is 2.56 bits per heavy atom. The Hall–Kier alpha value is -1.52. The van der Waals surface area contributed by atoms with Crippen LogP contribution in [0.3, 0.4) is 0 Å². The highest BCUT2D eigenvalue weighted by Gasteiger charge is 2.21. The molecule has 1 aromatic rings. The monoisotopic (exact) mass is 361 g/mol. The van der Waals surface area contributed by atoms with E-state index in [0.717, 1.165) is 24.2 Å². The fraction of sp³-hybridized carbons (Fsp3) is 0.526. The van der Waals surface area contributed by atoms with Gasteiger partial charge in [-0.1, -0.05) is 12.1 Å². The molecule has 0 aliphatic carbocycles. The Labute approximate surface area is 154 Å². The number of aliphatic hydroxyl groups excluding tert-OH is 1. The van der Waals surface area contributed by atoms with Gasteiger partial charge in [0.1, 0.15) is 11.0 Å². The van der Waals surface area contributed by atoms with Gasteiger partial charge >= 0.3 is 0 Å². The Bertz CT molecular complexity index is 621. The number of anilines is 1. The number of hydrogen-bond acceptors (Lipinski definition) is 6. The summed E-state index contributed by atoms with van der Waals surface area (Å²) in [6.45, 7) is 9.15. The van der Waals surface area contributed by atoms with Crippen LogP contribution < -0.4 is 9.62 Å². The van der Waals surface area contributed by atoms with Crippen molar-refractivity contribution in [2.24, 2.45) is 0 Å². The first-order chi connectivity index (χ1) is 12.1. The summed E-state index contributed by atoms with van der Waals surface area (Å²) in [4.78, 5) is 2.93. The normalized spacial score (nSPS) is 21.4. The summed E-state index contributed by atoms with van der Waals surface area (Å²) >= 11 is 1.32. The molecule has 5 nitrogen and oxygen atoms in total. The zero-order valence-electron chi connectivity index (χ0n) is 15.2. The van der Waals surface area contributed by atoms with Crippen LogP contribution in [0.25, 0.3) is 5.57 Å². The van der Waals surface area contributed by atoms with E-state index in [-0.39, 0.29) is 6.04 Å². The van der Waals surface area contributed by atoms with Gasteiger partial charge in [0.05, 0.1) is 19.3 Å². The molecule has 0 spiro atoms. The highest BCUT2D eigenvalue weighted by Crippen LogP contribution is 2.27. The minimum Gasteiger partial charge on any atom is -0.391 e. The number of hydrogen-bond donors (Lipinski definition) is 2. The van der Waals surface area contributed by atoms with E-state index in [4.69, 9.17) is 4.74 Å². The summed E-state index contributed by atoms with van der Waals surface area (Å²) in [5.74, 6) is 0. The van der Waals surface area contributed by atoms with Crippen molar-refractivity contribution in [1.82, 2.24) is 4.72 Å². The molecule has 1 aromatic carbocycles. The molecule has 1 aliphatic heterocycles. The summed E-state index contributed by atoms with van der Waals surface area (Å²) < 4.78 is 8.58. The lowest BCUT2D eigenvalue weighted by Crippen LogP contribution is -2.39. The molecule has 0 bridgehead atoms. The van der Waals surface area contributed by atoms with Crippen molar-refractivity contribution in [3.8, 4) is 6.07 Å². The third-order valence-corrected chi connectivity index (χ3v) is 5.44. The zero-order valence-corrected chi connectivity index (χ0v) is 16.0. The lowest BCUT2D eigenvalue weighted by molar-refractivity contribution is -0.0181. The van der Waals surface area contributed by atoms with Crippen molar-refractivity contribution in [2.45, 2.75) is 39.3 Å². The van der Waals surface area contributed by atoms with E-state index in [0.29, 0.717) is 24.5 Å². The largest absolute Gasteiger partial charge is 0.391 e. The Balaban J connectivity index is 2.06. The van der Waals surface area contributed by atoms with Gasteiger partial charge in [-0.25, -0.2) is 0 Å². The molecule has 0 amide bonds. The van der Waals surface area contributed by atoms with Gasteiger partial charge in [-0.2, -0.15) is 5.26 Å². The van der Waals surface area contributed by atoms with E-state index in [2.05, 4.69) is 53.8 Å². The fourth-order valence-corrected chi connectivity index (χ4v) is 3.63. The average molecular weight is 362 g/mol. The van der Waals surface area contributed by atoms with Gasteiger partial charge in [-0.05, 0) is 62.4 Å². The lowest BCUT2D eigenvalue weighted by Gasteiger charge is -2.26. The van der Waals surface area contributed by atoms with Crippen LogP contribution in [0.1, 0.15) is 32.8 Å². The zero-order chi connectivity index (χ0) is 18.2. The molecule has 2 unspecified atom stereocenters. The van der Waals surface area contributed by atoms with E-state index < -0.39 is 6.10 Å². The third-order valence-electron chi connectivity index (χ3n) is 4.38. The van der Waals surface area contributed by atoms with Crippen molar-refractivity contribution in [3.63, 3.8) is 0 Å². The van der Waals surface area contributed by atoms with Crippen LogP contribution in [0, 0.1) is 11.3 Å². The maximum Gasteiger partial charge on any atom is 0.108 e. The smallest absolute Gasteiger partial charge is 0.108 e. The van der Waals surface area contributed by atoms with E-state index in [1.165, 1.54) is 17.6 Å². The molecule has 0 saturated carbocycles. The van der Waals surface area contributed by atoms with Gasteiger partial charge in [-0.3, -0.25) is 4.72 Å². The second-order valence-corrected chi connectivity index (χ2v) is 6.98.